The summed E-state index contributed by atoms with van der Waals surface area (Å²) in [6.07, 6.45) is 0. The fourth-order valence-electron chi connectivity index (χ4n) is 2.32. The molecule has 0 aliphatic heterocycles. The van der Waals surface area contributed by atoms with E-state index in [9.17, 15) is 0 Å². The number of nitrogens with one attached hydrogen (secondary N) is 1. The van der Waals surface area contributed by atoms with Gasteiger partial charge in [0.05, 0.1) is 7.11 Å². The third kappa shape index (κ3) is 7.60. The van der Waals surface area contributed by atoms with E-state index in [2.05, 4.69) is 24.3 Å². The lowest BCUT2D eigenvalue weighted by Crippen LogP contribution is -2.26. The van der Waals surface area contributed by atoms with Crippen molar-refractivity contribution in [3.63, 3.8) is 0 Å². The Morgan fingerprint density at radius 2 is 1.69 bits per heavy atom. The number of halogens is 3. The number of hydrogen-bond donors (Lipinski definition) is 1. The van der Waals surface area contributed by atoms with Crippen molar-refractivity contribution in [2.75, 3.05) is 34.3 Å². The van der Waals surface area contributed by atoms with Crippen LogP contribution in [0.15, 0.2) is 42.5 Å². The average Bonchev–Trinajstić information content (AvgIpc) is 2.58. The summed E-state index contributed by atoms with van der Waals surface area (Å²) in [4.78, 5) is 2.15. The smallest absolute Gasteiger partial charge is 0.166 e. The second-order valence-corrected chi connectivity index (χ2v) is 6.22. The van der Waals surface area contributed by atoms with E-state index in [1.165, 1.54) is 0 Å². The quantitative estimate of drug-likeness (QED) is 0.608. The second-order valence-electron chi connectivity index (χ2n) is 5.81. The summed E-state index contributed by atoms with van der Waals surface area (Å²) < 4.78 is 11.5. The SMILES string of the molecule is COc1cccc(CNCCN(C)C)c1OCc1ccccc1Cl.Cl.Cl. The molecule has 7 heteroatoms. The maximum Gasteiger partial charge on any atom is 0.166 e. The number of likely N-dealkylation sites (N-methyl/N-ethyl adjacent to an activating group) is 1. The maximum absolute atomic E-state index is 6.21. The van der Waals surface area contributed by atoms with Gasteiger partial charge in [-0.05, 0) is 26.2 Å². The third-order valence-electron chi connectivity index (χ3n) is 3.66. The van der Waals surface area contributed by atoms with Crippen molar-refractivity contribution in [3.8, 4) is 11.5 Å². The molecule has 0 aromatic heterocycles. The predicted octanol–water partition coefficient (Wildman–Crippen LogP) is 4.42. The van der Waals surface area contributed by atoms with Crippen LogP contribution in [0.2, 0.25) is 5.02 Å². The fraction of sp³-hybridized carbons (Fsp3) is 0.368. The van der Waals surface area contributed by atoms with Crippen molar-refractivity contribution < 1.29 is 9.47 Å². The van der Waals surface area contributed by atoms with Crippen LogP contribution < -0.4 is 14.8 Å². The highest BCUT2D eigenvalue weighted by Gasteiger charge is 2.11. The van der Waals surface area contributed by atoms with E-state index >= 15 is 0 Å². The van der Waals surface area contributed by atoms with Crippen LogP contribution in [0.4, 0.5) is 0 Å². The van der Waals surface area contributed by atoms with Crippen molar-refractivity contribution in [3.05, 3.63) is 58.6 Å². The number of rotatable bonds is 9. The van der Waals surface area contributed by atoms with Gasteiger partial charge in [0.15, 0.2) is 11.5 Å². The largest absolute Gasteiger partial charge is 0.493 e. The lowest BCUT2D eigenvalue weighted by molar-refractivity contribution is 0.280. The van der Waals surface area contributed by atoms with Gasteiger partial charge < -0.3 is 19.7 Å². The van der Waals surface area contributed by atoms with Gasteiger partial charge in [-0.2, -0.15) is 0 Å². The lowest BCUT2D eigenvalue weighted by Gasteiger charge is -2.16. The Kier molecular flexibility index (Phi) is 12.5. The molecule has 0 heterocycles. The highest BCUT2D eigenvalue weighted by molar-refractivity contribution is 6.31. The highest BCUT2D eigenvalue weighted by Crippen LogP contribution is 2.32. The molecular formula is C19H27Cl3N2O2. The van der Waals surface area contributed by atoms with Gasteiger partial charge in [-0.15, -0.1) is 24.8 Å². The van der Waals surface area contributed by atoms with Gasteiger partial charge in [0.2, 0.25) is 0 Å². The molecule has 2 rings (SSSR count). The van der Waals surface area contributed by atoms with Crippen LogP contribution in [0.1, 0.15) is 11.1 Å². The van der Waals surface area contributed by atoms with E-state index in [0.717, 1.165) is 42.3 Å². The Morgan fingerprint density at radius 3 is 2.35 bits per heavy atom. The molecule has 4 nitrogen and oxygen atoms in total. The van der Waals surface area contributed by atoms with Crippen LogP contribution in [-0.2, 0) is 13.2 Å². The zero-order valence-corrected chi connectivity index (χ0v) is 17.7. The summed E-state index contributed by atoms with van der Waals surface area (Å²) in [6.45, 7) is 3.03. The number of benzene rings is 2. The Hall–Kier alpha value is -1.17. The first-order valence-electron chi connectivity index (χ1n) is 7.99. The summed E-state index contributed by atoms with van der Waals surface area (Å²) in [5, 5.41) is 4.14. The van der Waals surface area contributed by atoms with E-state index in [1.807, 2.05) is 42.5 Å². The van der Waals surface area contributed by atoms with Crippen molar-refractivity contribution in [1.29, 1.82) is 0 Å². The van der Waals surface area contributed by atoms with Crippen LogP contribution >= 0.6 is 36.4 Å². The molecule has 146 valence electrons. The molecule has 0 spiro atoms. The molecule has 0 aliphatic carbocycles. The van der Waals surface area contributed by atoms with E-state index in [4.69, 9.17) is 21.1 Å². The fourth-order valence-corrected chi connectivity index (χ4v) is 2.51. The molecule has 0 saturated carbocycles. The van der Waals surface area contributed by atoms with Gasteiger partial charge in [-0.1, -0.05) is 41.9 Å². The third-order valence-corrected chi connectivity index (χ3v) is 4.03. The molecule has 0 bridgehead atoms. The Labute approximate surface area is 173 Å². The van der Waals surface area contributed by atoms with Crippen LogP contribution in [0, 0.1) is 0 Å². The first-order valence-corrected chi connectivity index (χ1v) is 8.37. The average molecular weight is 422 g/mol. The maximum atomic E-state index is 6.21. The Bertz CT molecular complexity index is 654. The molecule has 0 atom stereocenters. The van der Waals surface area contributed by atoms with Gasteiger partial charge in [0.25, 0.3) is 0 Å². The first kappa shape index (κ1) is 24.8. The van der Waals surface area contributed by atoms with Gasteiger partial charge >= 0.3 is 0 Å². The zero-order chi connectivity index (χ0) is 17.4. The Balaban J connectivity index is 0.00000312. The van der Waals surface area contributed by atoms with Gasteiger partial charge in [-0.25, -0.2) is 0 Å². The number of hydrogen-bond acceptors (Lipinski definition) is 4. The summed E-state index contributed by atoms with van der Waals surface area (Å²) in [5.74, 6) is 1.49. The van der Waals surface area contributed by atoms with Crippen molar-refractivity contribution in [2.24, 2.45) is 0 Å². The van der Waals surface area contributed by atoms with Crippen molar-refractivity contribution in [2.45, 2.75) is 13.2 Å². The number of methoxy groups -OCH3 is 1. The van der Waals surface area contributed by atoms with E-state index in [0.29, 0.717) is 11.6 Å². The molecule has 1 N–H and O–H groups in total. The molecule has 0 aliphatic rings. The number of para-hydroxylation sites is 1. The number of nitrogens with zero attached hydrogens (tertiary/aromatic N) is 1. The van der Waals surface area contributed by atoms with Crippen LogP contribution in [-0.4, -0.2) is 39.2 Å². The van der Waals surface area contributed by atoms with Gasteiger partial charge in [0, 0.05) is 35.8 Å². The van der Waals surface area contributed by atoms with E-state index < -0.39 is 0 Å². The molecule has 0 fully saturated rings. The predicted molar refractivity (Wildman–Crippen MR) is 114 cm³/mol. The normalized spacial score (nSPS) is 10.0. The molecule has 2 aromatic rings. The lowest BCUT2D eigenvalue weighted by atomic mass is 10.1. The van der Waals surface area contributed by atoms with Crippen molar-refractivity contribution in [1.82, 2.24) is 10.2 Å². The molecule has 0 unspecified atom stereocenters. The molecule has 0 radical (unpaired) electrons. The molecular weight excluding hydrogens is 395 g/mol. The zero-order valence-electron chi connectivity index (χ0n) is 15.3. The summed E-state index contributed by atoms with van der Waals surface area (Å²) in [6, 6.07) is 13.6. The minimum atomic E-state index is 0. The molecule has 0 saturated heterocycles. The van der Waals surface area contributed by atoms with Gasteiger partial charge in [-0.3, -0.25) is 0 Å². The van der Waals surface area contributed by atoms with Crippen LogP contribution in [0.3, 0.4) is 0 Å². The van der Waals surface area contributed by atoms with Crippen LogP contribution in [0.25, 0.3) is 0 Å². The van der Waals surface area contributed by atoms with Crippen molar-refractivity contribution >= 4 is 36.4 Å². The topological polar surface area (TPSA) is 33.7 Å². The minimum absolute atomic E-state index is 0. The van der Waals surface area contributed by atoms with Crippen LogP contribution in [0.5, 0.6) is 11.5 Å². The minimum Gasteiger partial charge on any atom is -0.493 e. The molecule has 26 heavy (non-hydrogen) atoms. The number of ether oxygens (including phenoxy) is 2. The summed E-state index contributed by atoms with van der Waals surface area (Å²) >= 11 is 6.21. The van der Waals surface area contributed by atoms with Gasteiger partial charge in [0.1, 0.15) is 6.61 Å². The monoisotopic (exact) mass is 420 g/mol. The molecule has 2 aromatic carbocycles. The van der Waals surface area contributed by atoms with E-state index in [-0.39, 0.29) is 24.8 Å². The standard InChI is InChI=1S/C19H25ClN2O2.2ClH/c1-22(2)12-11-21-13-15-8-6-10-18(23-3)19(15)24-14-16-7-4-5-9-17(16)20;;/h4-10,21H,11-14H2,1-3H3;2*1H. The summed E-state index contributed by atoms with van der Waals surface area (Å²) in [5.41, 5.74) is 2.02. The Morgan fingerprint density at radius 1 is 1.00 bits per heavy atom. The summed E-state index contributed by atoms with van der Waals surface area (Å²) in [7, 11) is 5.78. The first-order chi connectivity index (χ1) is 11.6. The van der Waals surface area contributed by atoms with E-state index in [1.54, 1.807) is 7.11 Å². The molecule has 0 amide bonds. The second kappa shape index (κ2) is 13.1. The highest BCUT2D eigenvalue weighted by atomic mass is 35.5.